The predicted octanol–water partition coefficient (Wildman–Crippen LogP) is 2.72. The van der Waals surface area contributed by atoms with Crippen LogP contribution in [0.4, 0.5) is 8.78 Å². The Balaban J connectivity index is 2.54. The van der Waals surface area contributed by atoms with E-state index in [9.17, 15) is 13.6 Å². The van der Waals surface area contributed by atoms with Crippen LogP contribution in [0.3, 0.4) is 0 Å². The van der Waals surface area contributed by atoms with E-state index in [1.807, 2.05) is 25.7 Å². The molecule has 1 heterocycles. The van der Waals surface area contributed by atoms with Crippen molar-refractivity contribution < 1.29 is 23.0 Å². The Kier molecular flexibility index (Phi) is 4.78. The molecule has 1 aromatic rings. The monoisotopic (exact) mass is 327 g/mol. The molecule has 2 unspecified atom stereocenters. The fraction of sp³-hybridized carbons (Fsp3) is 0.588. The Labute approximate surface area is 135 Å². The van der Waals surface area contributed by atoms with E-state index in [0.29, 0.717) is 6.54 Å². The zero-order valence-corrected chi connectivity index (χ0v) is 14.2. The summed E-state index contributed by atoms with van der Waals surface area (Å²) >= 11 is 0. The molecule has 0 saturated carbocycles. The van der Waals surface area contributed by atoms with Crippen molar-refractivity contribution in [3.63, 3.8) is 0 Å². The van der Waals surface area contributed by atoms with Gasteiger partial charge >= 0.3 is 5.97 Å². The molecule has 0 bridgehead atoms. The quantitative estimate of drug-likeness (QED) is 0.800. The van der Waals surface area contributed by atoms with Crippen molar-refractivity contribution in [2.24, 2.45) is 0 Å². The average molecular weight is 327 g/mol. The fourth-order valence-electron chi connectivity index (χ4n) is 3.14. The molecular weight excluding hydrogens is 304 g/mol. The third-order valence-electron chi connectivity index (χ3n) is 4.57. The highest BCUT2D eigenvalue weighted by Crippen LogP contribution is 2.42. The van der Waals surface area contributed by atoms with E-state index in [1.54, 1.807) is 0 Å². The Morgan fingerprint density at radius 3 is 2.43 bits per heavy atom. The van der Waals surface area contributed by atoms with E-state index >= 15 is 0 Å². The van der Waals surface area contributed by atoms with Gasteiger partial charge in [-0.3, -0.25) is 4.90 Å². The lowest BCUT2D eigenvalue weighted by molar-refractivity contribution is -0.166. The number of nitrogens with zero attached hydrogens (tertiary/aromatic N) is 1. The van der Waals surface area contributed by atoms with Crippen LogP contribution < -0.4 is 0 Å². The van der Waals surface area contributed by atoms with Crippen LogP contribution in [0.5, 0.6) is 0 Å². The Morgan fingerprint density at radius 1 is 1.30 bits per heavy atom. The van der Waals surface area contributed by atoms with Gasteiger partial charge in [0.25, 0.3) is 0 Å². The highest BCUT2D eigenvalue weighted by molar-refractivity contribution is 5.82. The number of halogens is 2. The Hall–Kier alpha value is -1.53. The summed E-state index contributed by atoms with van der Waals surface area (Å²) in [7, 11) is 2.69. The highest BCUT2D eigenvalue weighted by Gasteiger charge is 2.56. The number of carbonyl (C=O) groups excluding carboxylic acids is 1. The van der Waals surface area contributed by atoms with Crippen molar-refractivity contribution in [3.05, 3.63) is 35.4 Å². The first kappa shape index (κ1) is 17.8. The Bertz CT molecular complexity index is 600. The zero-order valence-electron chi connectivity index (χ0n) is 14.2. The van der Waals surface area contributed by atoms with Gasteiger partial charge in [0.05, 0.1) is 7.11 Å². The standard InChI is InChI=1S/C17H23F2NO3/c1-16(2,3)20-9-13(12-7-6-11(18)8-14(12)19)17(10-20,23-5)15(21)22-4/h6-8,13H,9-10H2,1-5H3. The van der Waals surface area contributed by atoms with E-state index in [2.05, 4.69) is 0 Å². The van der Waals surface area contributed by atoms with Gasteiger partial charge in [-0.1, -0.05) is 6.07 Å². The molecule has 1 aliphatic heterocycles. The van der Waals surface area contributed by atoms with E-state index in [-0.39, 0.29) is 17.6 Å². The fourth-order valence-corrected chi connectivity index (χ4v) is 3.14. The van der Waals surface area contributed by atoms with E-state index < -0.39 is 29.1 Å². The summed E-state index contributed by atoms with van der Waals surface area (Å²) in [6.07, 6.45) is 0. The van der Waals surface area contributed by atoms with Crippen molar-refractivity contribution in [2.45, 2.75) is 37.8 Å². The second kappa shape index (κ2) is 6.17. The molecule has 0 radical (unpaired) electrons. The molecule has 1 aromatic carbocycles. The van der Waals surface area contributed by atoms with Crippen LogP contribution in [-0.4, -0.2) is 49.3 Å². The van der Waals surface area contributed by atoms with Gasteiger partial charge in [-0.05, 0) is 32.4 Å². The Morgan fingerprint density at radius 2 is 1.96 bits per heavy atom. The number of methoxy groups -OCH3 is 2. The number of hydrogen-bond acceptors (Lipinski definition) is 4. The lowest BCUT2D eigenvalue weighted by Crippen LogP contribution is -2.50. The number of hydrogen-bond donors (Lipinski definition) is 0. The zero-order chi connectivity index (χ0) is 17.4. The van der Waals surface area contributed by atoms with E-state index in [4.69, 9.17) is 9.47 Å². The molecule has 6 heteroatoms. The maximum Gasteiger partial charge on any atom is 0.340 e. The molecule has 128 valence electrons. The molecule has 23 heavy (non-hydrogen) atoms. The first-order valence-corrected chi connectivity index (χ1v) is 7.49. The van der Waals surface area contributed by atoms with Gasteiger partial charge in [-0.25, -0.2) is 13.6 Å². The number of likely N-dealkylation sites (tertiary alicyclic amines) is 1. The van der Waals surface area contributed by atoms with Crippen LogP contribution in [0.15, 0.2) is 18.2 Å². The summed E-state index contributed by atoms with van der Waals surface area (Å²) in [6.45, 7) is 6.71. The predicted molar refractivity (Wildman–Crippen MR) is 82.2 cm³/mol. The molecule has 1 fully saturated rings. The van der Waals surface area contributed by atoms with Gasteiger partial charge in [0.2, 0.25) is 0 Å². The van der Waals surface area contributed by atoms with Crippen LogP contribution in [0.25, 0.3) is 0 Å². The molecule has 1 aliphatic rings. The average Bonchev–Trinajstić information content (AvgIpc) is 2.87. The number of ether oxygens (including phenoxy) is 2. The summed E-state index contributed by atoms with van der Waals surface area (Å²) in [6, 6.07) is 3.39. The minimum absolute atomic E-state index is 0.233. The molecule has 0 N–H and O–H groups in total. The van der Waals surface area contributed by atoms with Crippen LogP contribution >= 0.6 is 0 Å². The highest BCUT2D eigenvalue weighted by atomic mass is 19.1. The maximum atomic E-state index is 14.3. The summed E-state index contributed by atoms with van der Waals surface area (Å²) in [5.74, 6) is -2.48. The number of carbonyl (C=O) groups is 1. The second-order valence-corrected chi connectivity index (χ2v) is 6.85. The molecule has 2 atom stereocenters. The van der Waals surface area contributed by atoms with Crippen LogP contribution in [0.1, 0.15) is 32.3 Å². The molecule has 4 nitrogen and oxygen atoms in total. The van der Waals surface area contributed by atoms with Crippen molar-refractivity contribution in [1.82, 2.24) is 4.90 Å². The third-order valence-corrected chi connectivity index (χ3v) is 4.57. The van der Waals surface area contributed by atoms with Crippen molar-refractivity contribution in [3.8, 4) is 0 Å². The lowest BCUT2D eigenvalue weighted by atomic mass is 9.84. The van der Waals surface area contributed by atoms with Crippen LogP contribution in [0, 0.1) is 11.6 Å². The van der Waals surface area contributed by atoms with E-state index in [1.165, 1.54) is 26.4 Å². The maximum absolute atomic E-state index is 14.3. The molecule has 0 aromatic heterocycles. The van der Waals surface area contributed by atoms with Crippen molar-refractivity contribution in [2.75, 3.05) is 27.3 Å². The smallest absolute Gasteiger partial charge is 0.340 e. The lowest BCUT2D eigenvalue weighted by Gasteiger charge is -2.33. The SMILES string of the molecule is COC(=O)C1(OC)CN(C(C)(C)C)CC1c1ccc(F)cc1F. The molecule has 1 saturated heterocycles. The van der Waals surface area contributed by atoms with Crippen molar-refractivity contribution >= 4 is 5.97 Å². The van der Waals surface area contributed by atoms with Crippen molar-refractivity contribution in [1.29, 1.82) is 0 Å². The third kappa shape index (κ3) is 3.10. The minimum atomic E-state index is -1.32. The largest absolute Gasteiger partial charge is 0.467 e. The molecular formula is C17H23F2NO3. The van der Waals surface area contributed by atoms with Crippen LogP contribution in [-0.2, 0) is 14.3 Å². The number of rotatable bonds is 3. The van der Waals surface area contributed by atoms with Gasteiger partial charge in [-0.2, -0.15) is 0 Å². The van der Waals surface area contributed by atoms with Gasteiger partial charge in [0.1, 0.15) is 11.6 Å². The van der Waals surface area contributed by atoms with Gasteiger partial charge < -0.3 is 9.47 Å². The summed E-state index contributed by atoms with van der Waals surface area (Å²) < 4.78 is 38.0. The van der Waals surface area contributed by atoms with Gasteiger partial charge in [-0.15, -0.1) is 0 Å². The minimum Gasteiger partial charge on any atom is -0.467 e. The molecule has 2 rings (SSSR count). The first-order valence-electron chi connectivity index (χ1n) is 7.49. The number of benzene rings is 1. The number of esters is 1. The van der Waals surface area contributed by atoms with Crippen LogP contribution in [0.2, 0.25) is 0 Å². The first-order chi connectivity index (χ1) is 10.7. The normalized spacial score (nSPS) is 25.6. The topological polar surface area (TPSA) is 38.8 Å². The molecule has 0 amide bonds. The van der Waals surface area contributed by atoms with Gasteiger partial charge in [0, 0.05) is 37.7 Å². The summed E-state index contributed by atoms with van der Waals surface area (Å²) in [4.78, 5) is 14.5. The van der Waals surface area contributed by atoms with Gasteiger partial charge in [0.15, 0.2) is 5.60 Å². The molecule has 0 spiro atoms. The summed E-state index contributed by atoms with van der Waals surface area (Å²) in [5, 5.41) is 0. The molecule has 0 aliphatic carbocycles. The van der Waals surface area contributed by atoms with E-state index in [0.717, 1.165) is 6.07 Å². The second-order valence-electron chi connectivity index (χ2n) is 6.85. The summed E-state index contributed by atoms with van der Waals surface area (Å²) in [5.41, 5.74) is -1.30.